The van der Waals surface area contributed by atoms with Crippen molar-refractivity contribution in [3.05, 3.63) is 18.2 Å². The summed E-state index contributed by atoms with van der Waals surface area (Å²) in [7, 11) is 0. The van der Waals surface area contributed by atoms with E-state index in [-0.39, 0.29) is 6.61 Å². The zero-order chi connectivity index (χ0) is 13.4. The molecule has 1 rings (SSSR count). The van der Waals surface area contributed by atoms with Crippen LogP contribution in [0.25, 0.3) is 0 Å². The zero-order valence-corrected chi connectivity index (χ0v) is 10.3. The maximum Gasteiger partial charge on any atom is 0.411 e. The third-order valence-corrected chi connectivity index (χ3v) is 2.29. The third-order valence-electron chi connectivity index (χ3n) is 2.29. The fraction of sp³-hybridized carbons (Fsp3) is 0.727. The molecule has 0 spiro atoms. The van der Waals surface area contributed by atoms with Gasteiger partial charge in [-0.2, -0.15) is 13.2 Å². The van der Waals surface area contributed by atoms with Crippen molar-refractivity contribution in [1.29, 1.82) is 0 Å². The molecule has 1 aromatic rings. The Morgan fingerprint density at radius 2 is 2.22 bits per heavy atom. The molecule has 0 radical (unpaired) electrons. The largest absolute Gasteiger partial charge is 0.411 e. The standard InChI is InChI=1S/C11H18F3N3O/c1-2-15-8-10-16-4-6-17(10)5-3-7-18-9-11(12,13)14/h4,6,15H,2-3,5,7-9H2,1H3. The highest BCUT2D eigenvalue weighted by Crippen LogP contribution is 2.14. The van der Waals surface area contributed by atoms with E-state index in [1.54, 1.807) is 6.20 Å². The second-order valence-electron chi connectivity index (χ2n) is 3.84. The van der Waals surface area contributed by atoms with E-state index in [9.17, 15) is 13.2 Å². The predicted molar refractivity (Wildman–Crippen MR) is 61.1 cm³/mol. The average molecular weight is 265 g/mol. The van der Waals surface area contributed by atoms with E-state index in [1.165, 1.54) is 0 Å². The van der Waals surface area contributed by atoms with Crippen molar-refractivity contribution in [2.75, 3.05) is 19.8 Å². The Bertz CT molecular complexity index is 339. The molecule has 0 aliphatic rings. The van der Waals surface area contributed by atoms with E-state index in [0.717, 1.165) is 12.4 Å². The van der Waals surface area contributed by atoms with Gasteiger partial charge in [0, 0.05) is 25.5 Å². The van der Waals surface area contributed by atoms with Crippen molar-refractivity contribution in [3.63, 3.8) is 0 Å². The number of nitrogens with one attached hydrogen (secondary N) is 1. The first-order valence-corrected chi connectivity index (χ1v) is 5.88. The Morgan fingerprint density at radius 1 is 1.44 bits per heavy atom. The fourth-order valence-corrected chi connectivity index (χ4v) is 1.47. The van der Waals surface area contributed by atoms with Gasteiger partial charge in [-0.15, -0.1) is 0 Å². The monoisotopic (exact) mass is 265 g/mol. The molecule has 0 unspecified atom stereocenters. The first-order valence-electron chi connectivity index (χ1n) is 5.88. The van der Waals surface area contributed by atoms with Gasteiger partial charge in [0.25, 0.3) is 0 Å². The molecular formula is C11H18F3N3O. The molecule has 0 aliphatic heterocycles. The van der Waals surface area contributed by atoms with E-state index in [2.05, 4.69) is 15.0 Å². The lowest BCUT2D eigenvalue weighted by atomic mass is 10.4. The zero-order valence-electron chi connectivity index (χ0n) is 10.3. The van der Waals surface area contributed by atoms with Crippen LogP contribution < -0.4 is 5.32 Å². The summed E-state index contributed by atoms with van der Waals surface area (Å²) in [4.78, 5) is 4.17. The van der Waals surface area contributed by atoms with Crippen LogP contribution in [0.5, 0.6) is 0 Å². The molecule has 0 saturated carbocycles. The molecule has 0 amide bonds. The molecule has 1 aromatic heterocycles. The van der Waals surface area contributed by atoms with Gasteiger partial charge in [-0.1, -0.05) is 6.92 Å². The Morgan fingerprint density at radius 3 is 2.89 bits per heavy atom. The molecule has 0 aliphatic carbocycles. The van der Waals surface area contributed by atoms with E-state index in [4.69, 9.17) is 0 Å². The van der Waals surface area contributed by atoms with E-state index in [1.807, 2.05) is 17.7 Å². The number of aryl methyl sites for hydroxylation is 1. The third kappa shape index (κ3) is 6.02. The van der Waals surface area contributed by atoms with Gasteiger partial charge in [-0.3, -0.25) is 0 Å². The van der Waals surface area contributed by atoms with Crippen LogP contribution in [-0.2, 0) is 17.8 Å². The first kappa shape index (κ1) is 15.0. The summed E-state index contributed by atoms with van der Waals surface area (Å²) in [5, 5.41) is 3.15. The lowest BCUT2D eigenvalue weighted by Gasteiger charge is -2.09. The van der Waals surface area contributed by atoms with Gasteiger partial charge < -0.3 is 14.6 Å². The number of rotatable bonds is 8. The summed E-state index contributed by atoms with van der Waals surface area (Å²) in [5.41, 5.74) is 0. The maximum absolute atomic E-state index is 11.8. The van der Waals surface area contributed by atoms with Gasteiger partial charge in [0.1, 0.15) is 12.4 Å². The topological polar surface area (TPSA) is 39.1 Å². The number of hydrogen-bond donors (Lipinski definition) is 1. The Labute approximate surface area is 104 Å². The van der Waals surface area contributed by atoms with Crippen molar-refractivity contribution in [1.82, 2.24) is 14.9 Å². The number of halogens is 3. The van der Waals surface area contributed by atoms with Crippen LogP contribution in [0.2, 0.25) is 0 Å². The second-order valence-corrected chi connectivity index (χ2v) is 3.84. The highest BCUT2D eigenvalue weighted by Gasteiger charge is 2.27. The molecule has 1 heterocycles. The van der Waals surface area contributed by atoms with Crippen LogP contribution in [0.4, 0.5) is 13.2 Å². The maximum atomic E-state index is 11.8. The molecular weight excluding hydrogens is 247 g/mol. The van der Waals surface area contributed by atoms with Crippen molar-refractivity contribution in [3.8, 4) is 0 Å². The summed E-state index contributed by atoms with van der Waals surface area (Å²) in [6, 6.07) is 0. The highest BCUT2D eigenvalue weighted by molar-refractivity contribution is 4.91. The summed E-state index contributed by atoms with van der Waals surface area (Å²) >= 11 is 0. The molecule has 0 bridgehead atoms. The molecule has 7 heteroatoms. The van der Waals surface area contributed by atoms with Crippen LogP contribution in [-0.4, -0.2) is 35.5 Å². The first-order chi connectivity index (χ1) is 8.53. The van der Waals surface area contributed by atoms with Gasteiger partial charge >= 0.3 is 6.18 Å². The highest BCUT2D eigenvalue weighted by atomic mass is 19.4. The molecule has 0 aromatic carbocycles. The lowest BCUT2D eigenvalue weighted by molar-refractivity contribution is -0.174. The van der Waals surface area contributed by atoms with Crippen molar-refractivity contribution >= 4 is 0 Å². The minimum atomic E-state index is -4.24. The Hall–Kier alpha value is -1.08. The normalized spacial score (nSPS) is 12.0. The summed E-state index contributed by atoms with van der Waals surface area (Å²) < 4.78 is 41.9. The molecule has 0 fully saturated rings. The Kier molecular flexibility index (Phi) is 6.14. The van der Waals surface area contributed by atoms with E-state index < -0.39 is 12.8 Å². The van der Waals surface area contributed by atoms with Crippen LogP contribution in [0, 0.1) is 0 Å². The number of ether oxygens (including phenoxy) is 1. The minimum absolute atomic E-state index is 0.0956. The van der Waals surface area contributed by atoms with Gasteiger partial charge in [-0.05, 0) is 13.0 Å². The smallest absolute Gasteiger partial charge is 0.372 e. The second kappa shape index (κ2) is 7.38. The summed E-state index contributed by atoms with van der Waals surface area (Å²) in [6.45, 7) is 3.03. The number of nitrogens with zero attached hydrogens (tertiary/aromatic N) is 2. The van der Waals surface area contributed by atoms with Gasteiger partial charge in [-0.25, -0.2) is 4.98 Å². The number of aromatic nitrogens is 2. The average Bonchev–Trinajstić information content (AvgIpc) is 2.72. The fourth-order valence-electron chi connectivity index (χ4n) is 1.47. The van der Waals surface area contributed by atoms with Gasteiger partial charge in [0.15, 0.2) is 0 Å². The van der Waals surface area contributed by atoms with Crippen LogP contribution in [0.3, 0.4) is 0 Å². The molecule has 4 nitrogen and oxygen atoms in total. The van der Waals surface area contributed by atoms with Crippen molar-refractivity contribution in [2.45, 2.75) is 32.6 Å². The van der Waals surface area contributed by atoms with Gasteiger partial charge in [0.2, 0.25) is 0 Å². The number of hydrogen-bond acceptors (Lipinski definition) is 3. The summed E-state index contributed by atoms with van der Waals surface area (Å²) in [5.74, 6) is 0.882. The summed E-state index contributed by atoms with van der Waals surface area (Å²) in [6.07, 6.45) is -0.212. The quantitative estimate of drug-likeness (QED) is 0.730. The Balaban J connectivity index is 2.21. The lowest BCUT2D eigenvalue weighted by Crippen LogP contribution is -2.19. The van der Waals surface area contributed by atoms with Crippen molar-refractivity contribution in [2.24, 2.45) is 0 Å². The van der Waals surface area contributed by atoms with Gasteiger partial charge in [0.05, 0.1) is 6.54 Å². The molecule has 18 heavy (non-hydrogen) atoms. The SMILES string of the molecule is CCNCc1nccn1CCCOCC(F)(F)F. The van der Waals surface area contributed by atoms with E-state index in [0.29, 0.717) is 19.5 Å². The molecule has 0 atom stereocenters. The predicted octanol–water partition coefficient (Wildman–Crippen LogP) is 1.96. The minimum Gasteiger partial charge on any atom is -0.372 e. The van der Waals surface area contributed by atoms with Crippen LogP contribution >= 0.6 is 0 Å². The molecule has 1 N–H and O–H groups in total. The van der Waals surface area contributed by atoms with E-state index >= 15 is 0 Å². The molecule has 104 valence electrons. The van der Waals surface area contributed by atoms with Crippen molar-refractivity contribution < 1.29 is 17.9 Å². The van der Waals surface area contributed by atoms with Crippen LogP contribution in [0.15, 0.2) is 12.4 Å². The number of alkyl halides is 3. The molecule has 0 saturated heterocycles. The number of imidazole rings is 1. The van der Waals surface area contributed by atoms with Crippen LogP contribution in [0.1, 0.15) is 19.2 Å².